The van der Waals surface area contributed by atoms with Crippen molar-refractivity contribution in [1.82, 2.24) is 19.8 Å². The van der Waals surface area contributed by atoms with E-state index in [-0.39, 0.29) is 24.8 Å². The standard InChI is InChI=1S/C27H35ClN6O3/c1-37-14-6-13-34-24-11-3-2-10-23(24)32-26(34)19-7-5-12-33(18-19)25(35)16-21(29)17-30-27(36)31-22-9-4-8-20(28)15-22/h2-4,8-11,15,19,21H,5-7,12-14,16-18,29H2,1H3,(H2,30,31,36)/t19-,21-/m1/s1. The van der Waals surface area contributed by atoms with E-state index in [2.05, 4.69) is 21.3 Å². The average Bonchev–Trinajstić information content (AvgIpc) is 3.26. The van der Waals surface area contributed by atoms with E-state index >= 15 is 0 Å². The molecule has 4 rings (SSSR count). The number of methoxy groups -OCH3 is 1. The van der Waals surface area contributed by atoms with Crippen LogP contribution >= 0.6 is 11.6 Å². The van der Waals surface area contributed by atoms with Crippen LogP contribution < -0.4 is 16.4 Å². The largest absolute Gasteiger partial charge is 0.385 e. The van der Waals surface area contributed by atoms with Gasteiger partial charge in [0.15, 0.2) is 0 Å². The molecule has 2 heterocycles. The number of likely N-dealkylation sites (tertiary alicyclic amines) is 1. The highest BCUT2D eigenvalue weighted by Crippen LogP contribution is 2.30. The summed E-state index contributed by atoms with van der Waals surface area (Å²) in [6.45, 7) is 3.01. The minimum atomic E-state index is -0.489. The smallest absolute Gasteiger partial charge is 0.319 e. The number of urea groups is 1. The molecule has 0 spiro atoms. The highest BCUT2D eigenvalue weighted by Gasteiger charge is 2.29. The molecule has 1 aliphatic heterocycles. The number of halogens is 1. The van der Waals surface area contributed by atoms with Gasteiger partial charge in [-0.1, -0.05) is 29.8 Å². The highest BCUT2D eigenvalue weighted by molar-refractivity contribution is 6.30. The van der Waals surface area contributed by atoms with Gasteiger partial charge in [-0.2, -0.15) is 0 Å². The maximum atomic E-state index is 13.1. The number of ether oxygens (including phenoxy) is 1. The number of benzene rings is 2. The van der Waals surface area contributed by atoms with E-state index in [0.29, 0.717) is 30.4 Å². The first kappa shape index (κ1) is 26.9. The van der Waals surface area contributed by atoms with Gasteiger partial charge in [0, 0.05) is 69.0 Å². The van der Waals surface area contributed by atoms with Crippen molar-refractivity contribution in [1.29, 1.82) is 0 Å². The number of piperidine rings is 1. The SMILES string of the molecule is COCCCn1c([C@@H]2CCCN(C(=O)C[C@@H](N)CNC(=O)Nc3cccc(Cl)c3)C2)nc2ccccc21. The van der Waals surface area contributed by atoms with Crippen LogP contribution in [0.1, 0.15) is 37.4 Å². The second-order valence-electron chi connectivity index (χ2n) is 9.45. The summed E-state index contributed by atoms with van der Waals surface area (Å²) in [4.78, 5) is 32.1. The van der Waals surface area contributed by atoms with Crippen molar-refractivity contribution < 1.29 is 14.3 Å². The van der Waals surface area contributed by atoms with Gasteiger partial charge in [-0.05, 0) is 49.6 Å². The Kier molecular flexibility index (Phi) is 9.38. The number of nitrogens with zero attached hydrogens (tertiary/aromatic N) is 3. The van der Waals surface area contributed by atoms with Gasteiger partial charge in [0.05, 0.1) is 11.0 Å². The Bertz CT molecular complexity index is 1220. The number of hydrogen-bond acceptors (Lipinski definition) is 5. The topological polar surface area (TPSA) is 115 Å². The summed E-state index contributed by atoms with van der Waals surface area (Å²) in [5.41, 5.74) is 8.87. The molecule has 1 saturated heterocycles. The van der Waals surface area contributed by atoms with Crippen molar-refractivity contribution in [2.24, 2.45) is 5.73 Å². The number of aryl methyl sites for hydroxylation is 1. The molecule has 0 bridgehead atoms. The van der Waals surface area contributed by atoms with Crippen LogP contribution in [0.15, 0.2) is 48.5 Å². The normalized spacial score (nSPS) is 16.5. The van der Waals surface area contributed by atoms with Crippen LogP contribution in [0.2, 0.25) is 5.02 Å². The predicted octanol–water partition coefficient (Wildman–Crippen LogP) is 3.97. The number of hydrogen-bond donors (Lipinski definition) is 3. The van der Waals surface area contributed by atoms with Crippen molar-refractivity contribution in [3.8, 4) is 0 Å². The number of carbonyl (C=O) groups excluding carboxylic acids is 2. The predicted molar refractivity (Wildman–Crippen MR) is 146 cm³/mol. The fourth-order valence-electron chi connectivity index (χ4n) is 4.81. The molecular weight excluding hydrogens is 492 g/mol. The van der Waals surface area contributed by atoms with Crippen molar-refractivity contribution in [3.05, 3.63) is 59.4 Å². The van der Waals surface area contributed by atoms with Crippen LogP contribution in [0.25, 0.3) is 11.0 Å². The van der Waals surface area contributed by atoms with Crippen molar-refractivity contribution in [3.63, 3.8) is 0 Å². The molecule has 198 valence electrons. The quantitative estimate of drug-likeness (QED) is 0.346. The first-order chi connectivity index (χ1) is 17.9. The van der Waals surface area contributed by atoms with E-state index in [1.165, 1.54) is 0 Å². The zero-order valence-electron chi connectivity index (χ0n) is 21.2. The minimum absolute atomic E-state index is 0.00343. The number of para-hydroxylation sites is 2. The molecule has 0 aliphatic carbocycles. The van der Waals surface area contributed by atoms with Crippen LogP contribution in [0.4, 0.5) is 10.5 Å². The van der Waals surface area contributed by atoms with Crippen LogP contribution in [-0.2, 0) is 16.1 Å². The van der Waals surface area contributed by atoms with Crippen LogP contribution in [0.3, 0.4) is 0 Å². The number of rotatable bonds is 10. The van der Waals surface area contributed by atoms with Gasteiger partial charge in [-0.3, -0.25) is 4.79 Å². The summed E-state index contributed by atoms with van der Waals surface area (Å²) in [5.74, 6) is 1.18. The number of carbonyl (C=O) groups is 2. The monoisotopic (exact) mass is 526 g/mol. The molecule has 10 heteroatoms. The number of amides is 3. The molecule has 0 unspecified atom stereocenters. The number of imidazole rings is 1. The molecule has 0 saturated carbocycles. The van der Waals surface area contributed by atoms with Gasteiger partial charge in [0.2, 0.25) is 5.91 Å². The summed E-state index contributed by atoms with van der Waals surface area (Å²) >= 11 is 5.95. The summed E-state index contributed by atoms with van der Waals surface area (Å²) in [6, 6.07) is 14.2. The molecular formula is C27H35ClN6O3. The maximum Gasteiger partial charge on any atom is 0.319 e. The molecule has 2 aromatic carbocycles. The first-order valence-corrected chi connectivity index (χ1v) is 13.1. The summed E-state index contributed by atoms with van der Waals surface area (Å²) in [7, 11) is 1.71. The zero-order valence-corrected chi connectivity index (χ0v) is 21.9. The van der Waals surface area contributed by atoms with Gasteiger partial charge < -0.3 is 30.6 Å². The lowest BCUT2D eigenvalue weighted by Gasteiger charge is -2.33. The number of aromatic nitrogens is 2. The number of anilines is 1. The third kappa shape index (κ3) is 7.21. The van der Waals surface area contributed by atoms with E-state index in [9.17, 15) is 9.59 Å². The lowest BCUT2D eigenvalue weighted by Crippen LogP contribution is -2.45. The summed E-state index contributed by atoms with van der Waals surface area (Å²) in [5, 5.41) is 5.97. The van der Waals surface area contributed by atoms with Gasteiger partial charge in [0.1, 0.15) is 5.82 Å². The minimum Gasteiger partial charge on any atom is -0.385 e. The van der Waals surface area contributed by atoms with Crippen LogP contribution in [0, 0.1) is 0 Å². The fraction of sp³-hybridized carbons (Fsp3) is 0.444. The fourth-order valence-corrected chi connectivity index (χ4v) is 5.00. The Morgan fingerprint density at radius 1 is 1.24 bits per heavy atom. The van der Waals surface area contributed by atoms with E-state index in [1.54, 1.807) is 31.4 Å². The molecule has 1 aliphatic rings. The lowest BCUT2D eigenvalue weighted by molar-refractivity contribution is -0.132. The molecule has 3 amide bonds. The number of nitrogens with one attached hydrogen (secondary N) is 2. The lowest BCUT2D eigenvalue weighted by atomic mass is 9.96. The second kappa shape index (κ2) is 12.9. The third-order valence-electron chi connectivity index (χ3n) is 6.60. The second-order valence-corrected chi connectivity index (χ2v) is 9.88. The van der Waals surface area contributed by atoms with Gasteiger partial charge in [-0.25, -0.2) is 9.78 Å². The summed E-state index contributed by atoms with van der Waals surface area (Å²) in [6.07, 6.45) is 2.95. The van der Waals surface area contributed by atoms with Crippen molar-refractivity contribution in [2.45, 2.75) is 44.2 Å². The molecule has 4 N–H and O–H groups in total. The van der Waals surface area contributed by atoms with Gasteiger partial charge in [0.25, 0.3) is 0 Å². The highest BCUT2D eigenvalue weighted by atomic mass is 35.5. The zero-order chi connectivity index (χ0) is 26.2. The Morgan fingerprint density at radius 3 is 2.89 bits per heavy atom. The van der Waals surface area contributed by atoms with E-state index < -0.39 is 12.1 Å². The molecule has 1 fully saturated rings. The Labute approximate surface area is 222 Å². The van der Waals surface area contributed by atoms with Crippen molar-refractivity contribution >= 4 is 40.3 Å². The first-order valence-electron chi connectivity index (χ1n) is 12.7. The molecule has 1 aromatic heterocycles. The molecule has 3 aromatic rings. The van der Waals surface area contributed by atoms with E-state index in [1.807, 2.05) is 23.1 Å². The van der Waals surface area contributed by atoms with Crippen LogP contribution in [-0.4, -0.2) is 65.8 Å². The maximum absolute atomic E-state index is 13.1. The Hall–Kier alpha value is -3.14. The Morgan fingerprint density at radius 2 is 2.08 bits per heavy atom. The Balaban J connectivity index is 1.33. The summed E-state index contributed by atoms with van der Waals surface area (Å²) < 4.78 is 7.54. The number of fused-ring (bicyclic) bond motifs is 1. The van der Waals surface area contributed by atoms with Gasteiger partial charge in [-0.15, -0.1) is 0 Å². The van der Waals surface area contributed by atoms with Crippen molar-refractivity contribution in [2.75, 3.05) is 38.7 Å². The third-order valence-corrected chi connectivity index (χ3v) is 6.83. The number of nitrogens with two attached hydrogens (primary N) is 1. The van der Waals surface area contributed by atoms with Gasteiger partial charge >= 0.3 is 6.03 Å². The molecule has 9 nitrogen and oxygen atoms in total. The molecule has 2 atom stereocenters. The van der Waals surface area contributed by atoms with Crippen LogP contribution in [0.5, 0.6) is 0 Å². The van der Waals surface area contributed by atoms with E-state index in [4.69, 9.17) is 27.1 Å². The molecule has 37 heavy (non-hydrogen) atoms. The molecule has 0 radical (unpaired) electrons. The van der Waals surface area contributed by atoms with E-state index in [0.717, 1.165) is 42.7 Å². The average molecular weight is 527 g/mol.